The minimum Gasteiger partial charge on any atom is -0.483 e. The number of carbonyl (C=O) groups excluding carboxylic acids is 2. The van der Waals surface area contributed by atoms with Gasteiger partial charge < -0.3 is 15.4 Å². The number of likely N-dealkylation sites (tertiary alicyclic amines) is 1. The third-order valence-electron chi connectivity index (χ3n) is 3.92. The molecule has 1 heterocycles. The van der Waals surface area contributed by atoms with Gasteiger partial charge in [-0.25, -0.2) is 0 Å². The summed E-state index contributed by atoms with van der Waals surface area (Å²) in [6.07, 6.45) is 4.23. The van der Waals surface area contributed by atoms with Crippen molar-refractivity contribution in [2.45, 2.75) is 38.6 Å². The van der Waals surface area contributed by atoms with Crippen LogP contribution in [0.1, 0.15) is 43.0 Å². The summed E-state index contributed by atoms with van der Waals surface area (Å²) in [4.78, 5) is 25.5. The van der Waals surface area contributed by atoms with E-state index in [2.05, 4.69) is 6.92 Å². The van der Waals surface area contributed by atoms with E-state index in [1.54, 1.807) is 24.3 Å². The second kappa shape index (κ2) is 7.11. The summed E-state index contributed by atoms with van der Waals surface area (Å²) >= 11 is 0. The van der Waals surface area contributed by atoms with Crippen molar-refractivity contribution in [2.24, 2.45) is 5.73 Å². The molecule has 114 valence electrons. The van der Waals surface area contributed by atoms with Crippen LogP contribution >= 0.6 is 0 Å². The number of primary amides is 1. The molecule has 1 saturated heterocycles. The van der Waals surface area contributed by atoms with Gasteiger partial charge in [-0.3, -0.25) is 9.59 Å². The Hall–Kier alpha value is -2.04. The quantitative estimate of drug-likeness (QED) is 0.901. The zero-order valence-electron chi connectivity index (χ0n) is 12.4. The van der Waals surface area contributed by atoms with Gasteiger partial charge in [0.2, 0.25) is 0 Å². The van der Waals surface area contributed by atoms with Crippen molar-refractivity contribution in [3.63, 3.8) is 0 Å². The number of hydrogen-bond donors (Lipinski definition) is 1. The van der Waals surface area contributed by atoms with Crippen LogP contribution in [0.2, 0.25) is 0 Å². The fourth-order valence-corrected chi connectivity index (χ4v) is 2.77. The van der Waals surface area contributed by atoms with E-state index in [9.17, 15) is 9.59 Å². The van der Waals surface area contributed by atoms with Crippen molar-refractivity contribution in [3.05, 3.63) is 29.8 Å². The van der Waals surface area contributed by atoms with Crippen molar-refractivity contribution >= 4 is 11.8 Å². The standard InChI is InChI=1S/C16H22N2O3/c1-2-12-7-5-6-10-18(12)15(19)11-21-14-9-4-3-8-13(14)16(17)20/h3-4,8-9,12H,2,5-7,10-11H2,1H3,(H2,17,20)/t12-/m0/s1. The van der Waals surface area contributed by atoms with E-state index in [0.29, 0.717) is 17.4 Å². The van der Waals surface area contributed by atoms with Gasteiger partial charge in [0.25, 0.3) is 11.8 Å². The molecule has 2 N–H and O–H groups in total. The number of ether oxygens (including phenoxy) is 1. The van der Waals surface area contributed by atoms with Crippen molar-refractivity contribution < 1.29 is 14.3 Å². The fraction of sp³-hybridized carbons (Fsp3) is 0.500. The number of para-hydroxylation sites is 1. The summed E-state index contributed by atoms with van der Waals surface area (Å²) in [5.74, 6) is -0.216. The van der Waals surface area contributed by atoms with Crippen LogP contribution in [-0.2, 0) is 4.79 Å². The first-order valence-electron chi connectivity index (χ1n) is 7.44. The molecule has 0 spiro atoms. The first kappa shape index (κ1) is 15.4. The lowest BCUT2D eigenvalue weighted by molar-refractivity contribution is -0.137. The van der Waals surface area contributed by atoms with Gasteiger partial charge in [0, 0.05) is 12.6 Å². The highest BCUT2D eigenvalue weighted by Gasteiger charge is 2.25. The molecule has 1 fully saturated rings. The highest BCUT2D eigenvalue weighted by molar-refractivity contribution is 5.95. The average molecular weight is 290 g/mol. The zero-order chi connectivity index (χ0) is 15.2. The number of hydrogen-bond acceptors (Lipinski definition) is 3. The summed E-state index contributed by atoms with van der Waals surface area (Å²) < 4.78 is 5.51. The van der Waals surface area contributed by atoms with Crippen molar-refractivity contribution in [1.29, 1.82) is 0 Å². The Morgan fingerprint density at radius 2 is 2.10 bits per heavy atom. The fourth-order valence-electron chi connectivity index (χ4n) is 2.77. The van der Waals surface area contributed by atoms with Gasteiger partial charge in [-0.05, 0) is 37.8 Å². The molecule has 1 aliphatic heterocycles. The minimum absolute atomic E-state index is 0.0270. The molecule has 2 rings (SSSR count). The lowest BCUT2D eigenvalue weighted by atomic mass is 10.00. The van der Waals surface area contributed by atoms with Crippen molar-refractivity contribution in [2.75, 3.05) is 13.2 Å². The number of benzene rings is 1. The smallest absolute Gasteiger partial charge is 0.260 e. The molecular formula is C16H22N2O3. The van der Waals surface area contributed by atoms with Crippen LogP contribution in [0.4, 0.5) is 0 Å². The summed E-state index contributed by atoms with van der Waals surface area (Å²) in [5, 5.41) is 0. The number of piperidine rings is 1. The lowest BCUT2D eigenvalue weighted by Crippen LogP contribution is -2.45. The highest BCUT2D eigenvalue weighted by atomic mass is 16.5. The molecule has 1 atom stereocenters. The molecule has 0 unspecified atom stereocenters. The van der Waals surface area contributed by atoms with E-state index >= 15 is 0 Å². The van der Waals surface area contributed by atoms with Crippen LogP contribution in [-0.4, -0.2) is 35.9 Å². The molecule has 5 nitrogen and oxygen atoms in total. The predicted octanol–water partition coefficient (Wildman–Crippen LogP) is 1.96. The van der Waals surface area contributed by atoms with Crippen LogP contribution in [0.5, 0.6) is 5.75 Å². The molecule has 0 aliphatic carbocycles. The number of rotatable bonds is 5. The largest absolute Gasteiger partial charge is 0.483 e. The minimum atomic E-state index is -0.553. The van der Waals surface area contributed by atoms with Gasteiger partial charge in [-0.15, -0.1) is 0 Å². The molecule has 5 heteroatoms. The summed E-state index contributed by atoms with van der Waals surface area (Å²) in [6, 6.07) is 7.02. The normalized spacial score (nSPS) is 18.3. The van der Waals surface area contributed by atoms with E-state index < -0.39 is 5.91 Å². The average Bonchev–Trinajstić information content (AvgIpc) is 2.52. The number of carbonyl (C=O) groups is 2. The van der Waals surface area contributed by atoms with E-state index in [1.165, 1.54) is 6.42 Å². The van der Waals surface area contributed by atoms with Crippen molar-refractivity contribution in [3.8, 4) is 5.75 Å². The molecule has 1 aliphatic rings. The molecule has 0 saturated carbocycles. The van der Waals surface area contributed by atoms with Gasteiger partial charge in [0.1, 0.15) is 5.75 Å². The molecule has 1 aromatic rings. The first-order chi connectivity index (χ1) is 10.1. The molecular weight excluding hydrogens is 268 g/mol. The van der Waals surface area contributed by atoms with E-state index in [-0.39, 0.29) is 12.5 Å². The SMILES string of the molecule is CC[C@H]1CCCCN1C(=O)COc1ccccc1C(N)=O. The van der Waals surface area contributed by atoms with E-state index in [1.807, 2.05) is 4.90 Å². The molecule has 1 aromatic carbocycles. The summed E-state index contributed by atoms with van der Waals surface area (Å²) in [5.41, 5.74) is 5.59. The third-order valence-corrected chi connectivity index (χ3v) is 3.92. The Morgan fingerprint density at radius 1 is 1.33 bits per heavy atom. The first-order valence-corrected chi connectivity index (χ1v) is 7.44. The Labute approximate surface area is 125 Å². The van der Waals surface area contributed by atoms with Gasteiger partial charge in [-0.1, -0.05) is 19.1 Å². The number of nitrogens with zero attached hydrogens (tertiary/aromatic N) is 1. The maximum absolute atomic E-state index is 12.3. The summed E-state index contributed by atoms with van der Waals surface area (Å²) in [6.45, 7) is 2.83. The number of amides is 2. The van der Waals surface area contributed by atoms with E-state index in [0.717, 1.165) is 25.8 Å². The Bertz CT molecular complexity index is 516. The molecule has 0 radical (unpaired) electrons. The van der Waals surface area contributed by atoms with Crippen LogP contribution in [0.15, 0.2) is 24.3 Å². The maximum atomic E-state index is 12.3. The van der Waals surface area contributed by atoms with Gasteiger partial charge in [0.15, 0.2) is 6.61 Å². The summed E-state index contributed by atoms with van der Waals surface area (Å²) in [7, 11) is 0. The van der Waals surface area contributed by atoms with Crippen LogP contribution in [0.3, 0.4) is 0 Å². The second-order valence-corrected chi connectivity index (χ2v) is 5.29. The number of nitrogens with two attached hydrogens (primary N) is 1. The second-order valence-electron chi connectivity index (χ2n) is 5.29. The molecule has 0 bridgehead atoms. The lowest BCUT2D eigenvalue weighted by Gasteiger charge is -2.35. The van der Waals surface area contributed by atoms with Gasteiger partial charge >= 0.3 is 0 Å². The molecule has 2 amide bonds. The van der Waals surface area contributed by atoms with Gasteiger partial charge in [0.05, 0.1) is 5.56 Å². The topological polar surface area (TPSA) is 72.6 Å². The monoisotopic (exact) mass is 290 g/mol. The Balaban J connectivity index is 1.99. The Morgan fingerprint density at radius 3 is 2.81 bits per heavy atom. The molecule has 21 heavy (non-hydrogen) atoms. The molecule has 0 aromatic heterocycles. The van der Waals surface area contributed by atoms with Crippen LogP contribution in [0.25, 0.3) is 0 Å². The zero-order valence-corrected chi connectivity index (χ0v) is 12.4. The van der Waals surface area contributed by atoms with Crippen LogP contribution < -0.4 is 10.5 Å². The Kier molecular flexibility index (Phi) is 5.20. The predicted molar refractivity (Wildman–Crippen MR) is 80.1 cm³/mol. The van der Waals surface area contributed by atoms with E-state index in [4.69, 9.17) is 10.5 Å². The highest BCUT2D eigenvalue weighted by Crippen LogP contribution is 2.21. The van der Waals surface area contributed by atoms with Crippen molar-refractivity contribution in [1.82, 2.24) is 4.90 Å². The maximum Gasteiger partial charge on any atom is 0.260 e. The third kappa shape index (κ3) is 3.74. The van der Waals surface area contributed by atoms with Crippen LogP contribution in [0, 0.1) is 0 Å². The van der Waals surface area contributed by atoms with Gasteiger partial charge in [-0.2, -0.15) is 0 Å².